The van der Waals surface area contributed by atoms with Crippen LogP contribution in [0.4, 0.5) is 4.79 Å². The van der Waals surface area contributed by atoms with Crippen LogP contribution in [0.15, 0.2) is 23.4 Å². The molecule has 3 amide bonds. The molecule has 0 saturated heterocycles. The van der Waals surface area contributed by atoms with Gasteiger partial charge in [0, 0.05) is 5.54 Å². The number of thioether (sulfide) groups is 1. The van der Waals surface area contributed by atoms with Gasteiger partial charge >= 0.3 is 6.03 Å². The molecule has 1 aromatic heterocycles. The fraction of sp³-hybridized carbons (Fsp3) is 0.609. The SMILES string of the molecule is Cc1cccc(-n2nnnc2SC(C)C(=O)NC(=O)NC23CC4CC(CC(C4)C2)C3)c1C. The molecule has 9 heteroatoms. The molecule has 1 heterocycles. The molecule has 0 radical (unpaired) electrons. The van der Waals surface area contributed by atoms with Crippen LogP contribution in [0, 0.1) is 31.6 Å². The van der Waals surface area contributed by atoms with Gasteiger partial charge in [0.05, 0.1) is 10.9 Å². The lowest BCUT2D eigenvalue weighted by Crippen LogP contribution is -2.62. The first kappa shape index (κ1) is 21.4. The number of carbonyl (C=O) groups is 2. The highest BCUT2D eigenvalue weighted by Gasteiger charge is 2.51. The van der Waals surface area contributed by atoms with Crippen molar-refractivity contribution in [1.29, 1.82) is 0 Å². The lowest BCUT2D eigenvalue weighted by molar-refractivity contribution is -0.119. The maximum Gasteiger partial charge on any atom is 0.321 e. The number of aromatic nitrogens is 4. The predicted molar refractivity (Wildman–Crippen MR) is 122 cm³/mol. The highest BCUT2D eigenvalue weighted by atomic mass is 32.2. The van der Waals surface area contributed by atoms with Crippen molar-refractivity contribution in [3.63, 3.8) is 0 Å². The van der Waals surface area contributed by atoms with E-state index in [-0.39, 0.29) is 17.5 Å². The summed E-state index contributed by atoms with van der Waals surface area (Å²) in [6.07, 6.45) is 7.08. The number of nitrogens with zero attached hydrogens (tertiary/aromatic N) is 4. The normalized spacial score (nSPS) is 29.0. The molecule has 1 atom stereocenters. The van der Waals surface area contributed by atoms with E-state index >= 15 is 0 Å². The number of benzene rings is 1. The van der Waals surface area contributed by atoms with Crippen molar-refractivity contribution in [3.8, 4) is 5.69 Å². The monoisotopic (exact) mass is 454 g/mol. The van der Waals surface area contributed by atoms with E-state index in [1.165, 1.54) is 31.0 Å². The molecule has 2 aromatic rings. The maximum atomic E-state index is 12.8. The van der Waals surface area contributed by atoms with Gasteiger partial charge in [-0.15, -0.1) is 5.10 Å². The van der Waals surface area contributed by atoms with Crippen molar-refractivity contribution in [1.82, 2.24) is 30.8 Å². The van der Waals surface area contributed by atoms with Crippen molar-refractivity contribution in [2.24, 2.45) is 17.8 Å². The highest BCUT2D eigenvalue weighted by molar-refractivity contribution is 8.00. The standard InChI is InChI=1S/C23H30N6O2S/c1-13-5-4-6-19(14(13)2)29-22(26-27-28-29)32-15(3)20(30)24-21(31)25-23-10-16-7-17(11-23)9-18(8-16)12-23/h4-6,15-18H,7-12H2,1-3H3,(H2,24,25,30,31). The molecular weight excluding hydrogens is 424 g/mol. The molecule has 32 heavy (non-hydrogen) atoms. The minimum atomic E-state index is -0.521. The molecule has 0 aliphatic heterocycles. The zero-order chi connectivity index (χ0) is 22.5. The summed E-state index contributed by atoms with van der Waals surface area (Å²) in [5.41, 5.74) is 2.97. The Balaban J connectivity index is 1.21. The van der Waals surface area contributed by atoms with Crippen LogP contribution >= 0.6 is 11.8 Å². The summed E-state index contributed by atoms with van der Waals surface area (Å²) in [6.45, 7) is 5.82. The van der Waals surface area contributed by atoms with Crippen molar-refractivity contribution in [3.05, 3.63) is 29.3 Å². The van der Waals surface area contributed by atoms with E-state index < -0.39 is 5.25 Å². The summed E-state index contributed by atoms with van der Waals surface area (Å²) in [7, 11) is 0. The number of nitrogens with one attached hydrogen (secondary N) is 2. The summed E-state index contributed by atoms with van der Waals surface area (Å²) in [5, 5.41) is 17.7. The van der Waals surface area contributed by atoms with Crippen LogP contribution in [-0.2, 0) is 4.79 Å². The molecule has 6 rings (SSSR count). The van der Waals surface area contributed by atoms with E-state index in [4.69, 9.17) is 0 Å². The molecule has 1 unspecified atom stereocenters. The first-order chi connectivity index (χ1) is 15.3. The predicted octanol–water partition coefficient (Wildman–Crippen LogP) is 3.55. The fourth-order valence-corrected chi connectivity index (χ4v) is 7.13. The van der Waals surface area contributed by atoms with Gasteiger partial charge in [-0.25, -0.2) is 4.79 Å². The van der Waals surface area contributed by atoms with E-state index in [2.05, 4.69) is 26.2 Å². The molecule has 4 aliphatic rings. The van der Waals surface area contributed by atoms with E-state index in [9.17, 15) is 9.59 Å². The number of urea groups is 1. The molecule has 4 bridgehead atoms. The molecule has 4 saturated carbocycles. The molecule has 8 nitrogen and oxygen atoms in total. The Kier molecular flexibility index (Phi) is 5.47. The topological polar surface area (TPSA) is 102 Å². The molecule has 4 fully saturated rings. The molecule has 170 valence electrons. The van der Waals surface area contributed by atoms with Gasteiger partial charge in [-0.1, -0.05) is 23.9 Å². The lowest BCUT2D eigenvalue weighted by Gasteiger charge is -2.56. The third-order valence-corrected chi connectivity index (χ3v) is 8.58. The molecule has 4 aliphatic carbocycles. The van der Waals surface area contributed by atoms with Crippen LogP contribution < -0.4 is 10.6 Å². The smallest absolute Gasteiger partial charge is 0.321 e. The van der Waals surface area contributed by atoms with Crippen molar-refractivity contribution in [2.75, 3.05) is 0 Å². The number of tetrazole rings is 1. The van der Waals surface area contributed by atoms with Crippen LogP contribution in [0.25, 0.3) is 5.69 Å². The quantitative estimate of drug-likeness (QED) is 0.670. The summed E-state index contributed by atoms with van der Waals surface area (Å²) in [5.74, 6) is 1.86. The van der Waals surface area contributed by atoms with E-state index in [0.29, 0.717) is 5.16 Å². The molecule has 2 N–H and O–H groups in total. The third kappa shape index (κ3) is 4.02. The number of rotatable bonds is 5. The second-order valence-electron chi connectivity index (χ2n) is 9.99. The third-order valence-electron chi connectivity index (χ3n) is 7.55. The first-order valence-corrected chi connectivity index (χ1v) is 12.3. The zero-order valence-corrected chi connectivity index (χ0v) is 19.6. The molecular formula is C23H30N6O2S. The van der Waals surface area contributed by atoms with Gasteiger partial charge in [-0.3, -0.25) is 10.1 Å². The van der Waals surface area contributed by atoms with Crippen LogP contribution in [0.1, 0.15) is 56.6 Å². The van der Waals surface area contributed by atoms with E-state index in [1.807, 2.05) is 32.0 Å². The van der Waals surface area contributed by atoms with Gasteiger partial charge in [0.15, 0.2) is 0 Å². The Morgan fingerprint density at radius 3 is 2.44 bits per heavy atom. The lowest BCUT2D eigenvalue weighted by atomic mass is 9.53. The Morgan fingerprint density at radius 1 is 1.12 bits per heavy atom. The summed E-state index contributed by atoms with van der Waals surface area (Å²) in [4.78, 5) is 25.5. The van der Waals surface area contributed by atoms with Crippen molar-refractivity contribution >= 4 is 23.7 Å². The Labute approximate surface area is 192 Å². The van der Waals surface area contributed by atoms with Crippen LogP contribution in [0.2, 0.25) is 0 Å². The minimum Gasteiger partial charge on any atom is -0.332 e. The van der Waals surface area contributed by atoms with Gasteiger partial charge < -0.3 is 5.32 Å². The second-order valence-corrected chi connectivity index (χ2v) is 11.3. The fourth-order valence-electron chi connectivity index (χ4n) is 6.33. The Bertz CT molecular complexity index is 1020. The zero-order valence-electron chi connectivity index (χ0n) is 18.8. The summed E-state index contributed by atoms with van der Waals surface area (Å²) in [6, 6.07) is 5.57. The number of aryl methyl sites for hydroxylation is 1. The summed E-state index contributed by atoms with van der Waals surface area (Å²) >= 11 is 1.24. The largest absolute Gasteiger partial charge is 0.332 e. The van der Waals surface area contributed by atoms with Crippen LogP contribution in [-0.4, -0.2) is 42.9 Å². The number of amides is 3. The van der Waals surface area contributed by atoms with Gasteiger partial charge in [0.1, 0.15) is 0 Å². The number of carbonyl (C=O) groups excluding carboxylic acids is 2. The van der Waals surface area contributed by atoms with Gasteiger partial charge in [-0.05, 0) is 105 Å². The van der Waals surface area contributed by atoms with Crippen molar-refractivity contribution in [2.45, 2.75) is 75.2 Å². The van der Waals surface area contributed by atoms with Gasteiger partial charge in [-0.2, -0.15) is 4.68 Å². The molecule has 1 aromatic carbocycles. The first-order valence-electron chi connectivity index (χ1n) is 11.5. The molecule has 0 spiro atoms. The maximum absolute atomic E-state index is 12.8. The average molecular weight is 455 g/mol. The van der Waals surface area contributed by atoms with Gasteiger partial charge in [0.2, 0.25) is 11.1 Å². The number of imide groups is 1. The van der Waals surface area contributed by atoms with Gasteiger partial charge in [0.25, 0.3) is 0 Å². The Morgan fingerprint density at radius 2 is 1.78 bits per heavy atom. The van der Waals surface area contributed by atoms with Crippen molar-refractivity contribution < 1.29 is 9.59 Å². The average Bonchev–Trinajstić information content (AvgIpc) is 3.16. The van der Waals surface area contributed by atoms with E-state index in [1.54, 1.807) is 11.6 Å². The number of hydrogen-bond acceptors (Lipinski definition) is 6. The van der Waals surface area contributed by atoms with Crippen LogP contribution in [0.3, 0.4) is 0 Å². The van der Waals surface area contributed by atoms with E-state index in [0.717, 1.165) is 53.8 Å². The van der Waals surface area contributed by atoms with Crippen LogP contribution in [0.5, 0.6) is 0 Å². The summed E-state index contributed by atoms with van der Waals surface area (Å²) < 4.78 is 1.65. The Hall–Kier alpha value is -2.42. The minimum absolute atomic E-state index is 0.123. The number of hydrogen-bond donors (Lipinski definition) is 2. The highest BCUT2D eigenvalue weighted by Crippen LogP contribution is 2.55. The second kappa shape index (κ2) is 8.17.